The number of hydrogen-bond acceptors (Lipinski definition) is 3. The van der Waals surface area contributed by atoms with Gasteiger partial charge in [-0.15, -0.1) is 11.3 Å². The molecule has 2 aromatic heterocycles. The van der Waals surface area contributed by atoms with Crippen LogP contribution < -0.4 is 10.6 Å². The summed E-state index contributed by atoms with van der Waals surface area (Å²) in [5, 5.41) is 13.6. The normalized spacial score (nSPS) is 13.2. The van der Waals surface area contributed by atoms with E-state index in [4.69, 9.17) is 0 Å². The molecule has 0 aliphatic carbocycles. The maximum absolute atomic E-state index is 4.62. The largest absolute Gasteiger partial charge is 0.352 e. The van der Waals surface area contributed by atoms with Gasteiger partial charge in [0.2, 0.25) is 0 Å². The molecule has 1 unspecified atom stereocenters. The summed E-state index contributed by atoms with van der Waals surface area (Å²) < 4.78 is 2.00. The Morgan fingerprint density at radius 3 is 2.74 bits per heavy atom. The number of aryl methyl sites for hydroxylation is 2. The Hall–Kier alpha value is -1.82. The van der Waals surface area contributed by atoms with Crippen LogP contribution in [0.25, 0.3) is 0 Å². The first-order valence-electron chi connectivity index (χ1n) is 8.14. The second-order valence-corrected chi connectivity index (χ2v) is 6.49. The quantitative estimate of drug-likeness (QED) is 0.631. The molecule has 0 saturated heterocycles. The van der Waals surface area contributed by atoms with Gasteiger partial charge in [0.15, 0.2) is 5.96 Å². The van der Waals surface area contributed by atoms with Crippen LogP contribution in [0.15, 0.2) is 22.5 Å². The molecule has 5 nitrogen and oxygen atoms in total. The third-order valence-electron chi connectivity index (χ3n) is 4.01. The first-order chi connectivity index (χ1) is 11.1. The highest BCUT2D eigenvalue weighted by atomic mass is 32.1. The van der Waals surface area contributed by atoms with E-state index in [2.05, 4.69) is 59.0 Å². The SMILES string of the molecule is CCc1nn(C)c(CC)c1CNC(=NC)NC(C)c1cccs1. The summed E-state index contributed by atoms with van der Waals surface area (Å²) in [4.78, 5) is 5.65. The fourth-order valence-corrected chi connectivity index (χ4v) is 3.51. The van der Waals surface area contributed by atoms with E-state index in [1.807, 2.05) is 11.7 Å². The third kappa shape index (κ3) is 4.13. The molecule has 0 fully saturated rings. The van der Waals surface area contributed by atoms with Gasteiger partial charge in [-0.3, -0.25) is 9.67 Å². The van der Waals surface area contributed by atoms with Crippen molar-refractivity contribution in [2.45, 2.75) is 46.2 Å². The van der Waals surface area contributed by atoms with Crippen molar-refractivity contribution in [3.8, 4) is 0 Å². The van der Waals surface area contributed by atoms with Gasteiger partial charge >= 0.3 is 0 Å². The Labute approximate surface area is 142 Å². The lowest BCUT2D eigenvalue weighted by molar-refractivity contribution is 0.690. The summed E-state index contributed by atoms with van der Waals surface area (Å²) in [6.45, 7) is 7.22. The van der Waals surface area contributed by atoms with E-state index >= 15 is 0 Å². The lowest BCUT2D eigenvalue weighted by Crippen LogP contribution is -2.38. The predicted octanol–water partition coefficient (Wildman–Crippen LogP) is 3.03. The van der Waals surface area contributed by atoms with Gasteiger partial charge in [-0.25, -0.2) is 0 Å². The molecule has 0 saturated carbocycles. The minimum atomic E-state index is 0.242. The summed E-state index contributed by atoms with van der Waals surface area (Å²) in [5.41, 5.74) is 3.75. The first kappa shape index (κ1) is 17.5. The minimum Gasteiger partial charge on any atom is -0.352 e. The minimum absolute atomic E-state index is 0.242. The third-order valence-corrected chi connectivity index (χ3v) is 5.06. The zero-order chi connectivity index (χ0) is 16.8. The Bertz CT molecular complexity index is 642. The van der Waals surface area contributed by atoms with Gasteiger partial charge in [0.25, 0.3) is 0 Å². The highest BCUT2D eigenvalue weighted by Gasteiger charge is 2.14. The van der Waals surface area contributed by atoms with Crippen molar-refractivity contribution in [2.75, 3.05) is 7.05 Å². The van der Waals surface area contributed by atoms with Crippen molar-refractivity contribution in [1.82, 2.24) is 20.4 Å². The fourth-order valence-electron chi connectivity index (χ4n) is 2.77. The molecular formula is C17H27N5S. The van der Waals surface area contributed by atoms with E-state index in [1.165, 1.54) is 21.8 Å². The van der Waals surface area contributed by atoms with Crippen LogP contribution in [0, 0.1) is 0 Å². The molecule has 2 heterocycles. The Kier molecular flexibility index (Phi) is 6.21. The molecule has 0 aromatic carbocycles. The van der Waals surface area contributed by atoms with Crippen LogP contribution in [0.2, 0.25) is 0 Å². The number of guanidine groups is 1. The monoisotopic (exact) mass is 333 g/mol. The average molecular weight is 334 g/mol. The summed E-state index contributed by atoms with van der Waals surface area (Å²) >= 11 is 1.75. The maximum Gasteiger partial charge on any atom is 0.191 e. The topological polar surface area (TPSA) is 54.2 Å². The summed E-state index contributed by atoms with van der Waals surface area (Å²) in [6.07, 6.45) is 1.93. The lowest BCUT2D eigenvalue weighted by Gasteiger charge is -2.17. The van der Waals surface area contributed by atoms with Gasteiger partial charge in [-0.2, -0.15) is 5.10 Å². The van der Waals surface area contributed by atoms with E-state index in [1.54, 1.807) is 18.4 Å². The van der Waals surface area contributed by atoms with E-state index in [-0.39, 0.29) is 6.04 Å². The highest BCUT2D eigenvalue weighted by molar-refractivity contribution is 7.10. The number of nitrogens with zero attached hydrogens (tertiary/aromatic N) is 3. The van der Waals surface area contributed by atoms with Gasteiger partial charge in [-0.05, 0) is 31.2 Å². The lowest BCUT2D eigenvalue weighted by atomic mass is 10.1. The van der Waals surface area contributed by atoms with Crippen LogP contribution in [0.5, 0.6) is 0 Å². The zero-order valence-corrected chi connectivity index (χ0v) is 15.5. The molecule has 0 amide bonds. The molecule has 23 heavy (non-hydrogen) atoms. The van der Waals surface area contributed by atoms with Gasteiger partial charge in [0.05, 0.1) is 11.7 Å². The van der Waals surface area contributed by atoms with E-state index in [0.717, 1.165) is 25.3 Å². The summed E-state index contributed by atoms with van der Waals surface area (Å²) in [6, 6.07) is 4.46. The maximum atomic E-state index is 4.62. The van der Waals surface area contributed by atoms with Crippen LogP contribution in [0.1, 0.15) is 48.6 Å². The second-order valence-electron chi connectivity index (χ2n) is 5.51. The molecular weight excluding hydrogens is 306 g/mol. The highest BCUT2D eigenvalue weighted by Crippen LogP contribution is 2.18. The standard InChI is InChI=1S/C17H27N5S/c1-6-14-13(15(7-2)22(5)21-14)11-19-17(18-4)20-12(3)16-9-8-10-23-16/h8-10,12H,6-7,11H2,1-5H3,(H2,18,19,20). The molecule has 0 aliphatic rings. The number of nitrogens with one attached hydrogen (secondary N) is 2. The average Bonchev–Trinajstić information content (AvgIpc) is 3.18. The van der Waals surface area contributed by atoms with Crippen molar-refractivity contribution < 1.29 is 0 Å². The summed E-state index contributed by atoms with van der Waals surface area (Å²) in [5.74, 6) is 0.818. The number of aliphatic imine (C=N–C) groups is 1. The van der Waals surface area contributed by atoms with Gasteiger partial charge in [0.1, 0.15) is 0 Å². The number of aromatic nitrogens is 2. The fraction of sp³-hybridized carbons (Fsp3) is 0.529. The summed E-state index contributed by atoms with van der Waals surface area (Å²) in [7, 11) is 3.83. The van der Waals surface area contributed by atoms with Crippen LogP contribution in [0.3, 0.4) is 0 Å². The molecule has 2 rings (SSSR count). The first-order valence-corrected chi connectivity index (χ1v) is 9.02. The number of hydrogen-bond donors (Lipinski definition) is 2. The van der Waals surface area contributed by atoms with Crippen LogP contribution in [-0.2, 0) is 26.4 Å². The predicted molar refractivity (Wildman–Crippen MR) is 98.0 cm³/mol. The molecule has 6 heteroatoms. The number of rotatable bonds is 6. The van der Waals surface area contributed by atoms with Crippen molar-refractivity contribution in [1.29, 1.82) is 0 Å². The van der Waals surface area contributed by atoms with Crippen molar-refractivity contribution >= 4 is 17.3 Å². The van der Waals surface area contributed by atoms with E-state index in [0.29, 0.717) is 0 Å². The van der Waals surface area contributed by atoms with Gasteiger partial charge < -0.3 is 10.6 Å². The van der Waals surface area contributed by atoms with Crippen molar-refractivity contribution in [2.24, 2.45) is 12.0 Å². The molecule has 0 spiro atoms. The van der Waals surface area contributed by atoms with Crippen LogP contribution >= 0.6 is 11.3 Å². The van der Waals surface area contributed by atoms with Crippen LogP contribution in [0.4, 0.5) is 0 Å². The molecule has 2 N–H and O–H groups in total. The van der Waals surface area contributed by atoms with Gasteiger partial charge in [0, 0.05) is 36.8 Å². The second kappa shape index (κ2) is 8.15. The molecule has 2 aromatic rings. The molecule has 0 bridgehead atoms. The zero-order valence-electron chi connectivity index (χ0n) is 14.7. The molecule has 1 atom stereocenters. The van der Waals surface area contributed by atoms with E-state index in [9.17, 15) is 0 Å². The van der Waals surface area contributed by atoms with Gasteiger partial charge in [-0.1, -0.05) is 19.9 Å². The van der Waals surface area contributed by atoms with E-state index < -0.39 is 0 Å². The molecule has 126 valence electrons. The molecule has 0 aliphatic heterocycles. The van der Waals surface area contributed by atoms with Crippen molar-refractivity contribution in [3.63, 3.8) is 0 Å². The van der Waals surface area contributed by atoms with Crippen LogP contribution in [-0.4, -0.2) is 22.8 Å². The van der Waals surface area contributed by atoms with Crippen molar-refractivity contribution in [3.05, 3.63) is 39.3 Å². The Balaban J connectivity index is 2.04. The Morgan fingerprint density at radius 1 is 1.39 bits per heavy atom. The molecule has 0 radical (unpaired) electrons. The number of thiophene rings is 1. The smallest absolute Gasteiger partial charge is 0.191 e. The Morgan fingerprint density at radius 2 is 2.17 bits per heavy atom.